The lowest BCUT2D eigenvalue weighted by atomic mass is 10.2. The Morgan fingerprint density at radius 1 is 0.971 bits per heavy atom. The van der Waals surface area contributed by atoms with Crippen LogP contribution in [0.1, 0.15) is 28.5 Å². The van der Waals surface area contributed by atoms with Gasteiger partial charge in [0.15, 0.2) is 11.5 Å². The molecule has 2 amide bonds. The number of benzene rings is 1. The van der Waals surface area contributed by atoms with Crippen molar-refractivity contribution in [2.75, 3.05) is 17.7 Å². The van der Waals surface area contributed by atoms with Gasteiger partial charge in [0.05, 0.1) is 30.1 Å². The summed E-state index contributed by atoms with van der Waals surface area (Å²) in [5, 5.41) is 8.22. The molecule has 14 heteroatoms. The molecule has 180 valence electrons. The van der Waals surface area contributed by atoms with E-state index in [9.17, 15) is 35.9 Å². The second-order valence-electron chi connectivity index (χ2n) is 6.77. The predicted octanol–water partition coefficient (Wildman–Crippen LogP) is 4.52. The first-order chi connectivity index (χ1) is 15.8. The number of pyridine rings is 1. The average molecular weight is 487 g/mol. The number of nitrogens with zero attached hydrogens (tertiary/aromatic N) is 3. The van der Waals surface area contributed by atoms with Crippen molar-refractivity contribution in [3.8, 4) is 11.6 Å². The van der Waals surface area contributed by atoms with Crippen LogP contribution in [0.3, 0.4) is 0 Å². The van der Waals surface area contributed by atoms with Gasteiger partial charge in [-0.15, -0.1) is 0 Å². The Balaban J connectivity index is 1.97. The number of nitrogens with one attached hydrogen (secondary N) is 2. The molecule has 2 aromatic heterocycles. The molecule has 0 aliphatic carbocycles. The summed E-state index contributed by atoms with van der Waals surface area (Å²) in [6, 6.07) is 5.23. The number of alkyl halides is 6. The number of hydrogen-bond donors (Lipinski definition) is 2. The zero-order valence-electron chi connectivity index (χ0n) is 17.4. The highest BCUT2D eigenvalue weighted by atomic mass is 19.4. The molecule has 8 nitrogen and oxygen atoms in total. The number of halogens is 6. The van der Waals surface area contributed by atoms with E-state index >= 15 is 0 Å². The third kappa shape index (κ3) is 5.27. The summed E-state index contributed by atoms with van der Waals surface area (Å²) in [7, 11) is 1.33. The molecule has 0 aliphatic rings. The number of carbonyl (C=O) groups is 2. The summed E-state index contributed by atoms with van der Waals surface area (Å²) in [6.45, 7) is 1.23. The number of amides is 2. The first-order valence-electron chi connectivity index (χ1n) is 9.27. The number of aromatic nitrogens is 3. The molecule has 0 saturated heterocycles. The Hall–Kier alpha value is -4.10. The number of methoxy groups -OCH3 is 1. The van der Waals surface area contributed by atoms with Crippen molar-refractivity contribution in [1.82, 2.24) is 14.8 Å². The normalized spacial score (nSPS) is 11.8. The van der Waals surface area contributed by atoms with Crippen molar-refractivity contribution in [2.24, 2.45) is 0 Å². The van der Waals surface area contributed by atoms with E-state index < -0.39 is 46.8 Å². The Morgan fingerprint density at radius 3 is 2.21 bits per heavy atom. The Labute approximate surface area is 187 Å². The van der Waals surface area contributed by atoms with Gasteiger partial charge in [0.1, 0.15) is 5.75 Å². The van der Waals surface area contributed by atoms with E-state index in [-0.39, 0.29) is 21.8 Å². The monoisotopic (exact) mass is 487 g/mol. The molecule has 3 aromatic rings. The molecule has 0 spiro atoms. The van der Waals surface area contributed by atoms with Crippen LogP contribution in [0.4, 0.5) is 37.7 Å². The van der Waals surface area contributed by atoms with Gasteiger partial charge in [-0.3, -0.25) is 9.59 Å². The van der Waals surface area contributed by atoms with Gasteiger partial charge in [-0.2, -0.15) is 31.4 Å². The first-order valence-corrected chi connectivity index (χ1v) is 9.27. The summed E-state index contributed by atoms with van der Waals surface area (Å²) in [5.74, 6) is -1.99. The molecule has 34 heavy (non-hydrogen) atoms. The van der Waals surface area contributed by atoms with Gasteiger partial charge in [-0.1, -0.05) is 0 Å². The maximum absolute atomic E-state index is 13.8. The standard InChI is InChI=1S/C20H15F6N5O3/c1-10(32)29-14-7-12(4-5-15(14)34-2)30-18(33)13-9-28-31(17(13)20(24,25)26)16-6-3-11(8-27-16)19(21,22)23/h3-9H,1-2H3,(H,29,32)(H,30,33). The summed E-state index contributed by atoms with van der Waals surface area (Å²) in [4.78, 5) is 27.4. The summed E-state index contributed by atoms with van der Waals surface area (Å²) in [6.07, 6.45) is -8.86. The largest absolute Gasteiger partial charge is 0.495 e. The van der Waals surface area contributed by atoms with Crippen molar-refractivity contribution in [1.29, 1.82) is 0 Å². The van der Waals surface area contributed by atoms with E-state index in [1.807, 2.05) is 0 Å². The molecule has 0 aliphatic heterocycles. The highest BCUT2D eigenvalue weighted by Crippen LogP contribution is 2.35. The summed E-state index contributed by atoms with van der Waals surface area (Å²) < 4.78 is 84.8. The highest BCUT2D eigenvalue weighted by Gasteiger charge is 2.41. The van der Waals surface area contributed by atoms with Gasteiger partial charge in [0, 0.05) is 18.8 Å². The lowest BCUT2D eigenvalue weighted by Crippen LogP contribution is -2.21. The average Bonchev–Trinajstić information content (AvgIpc) is 3.19. The number of ether oxygens (including phenoxy) is 1. The number of carbonyl (C=O) groups excluding carboxylic acids is 2. The molecule has 0 saturated carbocycles. The number of rotatable bonds is 5. The number of anilines is 2. The molecule has 2 heterocycles. The molecular formula is C20H15F6N5O3. The van der Waals surface area contributed by atoms with Crippen LogP contribution in [0.5, 0.6) is 5.75 Å². The Morgan fingerprint density at radius 2 is 1.68 bits per heavy atom. The molecular weight excluding hydrogens is 472 g/mol. The van der Waals surface area contributed by atoms with Crippen LogP contribution in [-0.2, 0) is 17.1 Å². The fraction of sp³-hybridized carbons (Fsp3) is 0.200. The van der Waals surface area contributed by atoms with Gasteiger partial charge >= 0.3 is 12.4 Å². The van der Waals surface area contributed by atoms with Gasteiger partial charge < -0.3 is 15.4 Å². The van der Waals surface area contributed by atoms with Crippen molar-refractivity contribution < 1.29 is 40.7 Å². The molecule has 3 rings (SSSR count). The van der Waals surface area contributed by atoms with Crippen LogP contribution in [0.2, 0.25) is 0 Å². The van der Waals surface area contributed by atoms with Crippen LogP contribution < -0.4 is 15.4 Å². The van der Waals surface area contributed by atoms with Crippen LogP contribution >= 0.6 is 0 Å². The minimum Gasteiger partial charge on any atom is -0.495 e. The molecule has 0 bridgehead atoms. The lowest BCUT2D eigenvalue weighted by molar-refractivity contribution is -0.143. The molecule has 0 fully saturated rings. The maximum Gasteiger partial charge on any atom is 0.434 e. The van der Waals surface area contributed by atoms with Crippen LogP contribution in [0, 0.1) is 0 Å². The van der Waals surface area contributed by atoms with E-state index in [4.69, 9.17) is 4.74 Å². The molecule has 1 aromatic carbocycles. The van der Waals surface area contributed by atoms with E-state index in [0.717, 1.165) is 0 Å². The Bertz CT molecular complexity index is 1220. The van der Waals surface area contributed by atoms with Gasteiger partial charge in [0.25, 0.3) is 5.91 Å². The molecule has 0 atom stereocenters. The zero-order chi connectivity index (χ0) is 25.3. The second kappa shape index (κ2) is 9.03. The quantitative estimate of drug-likeness (QED) is 0.516. The van der Waals surface area contributed by atoms with Gasteiger partial charge in [-0.05, 0) is 30.3 Å². The predicted molar refractivity (Wildman–Crippen MR) is 107 cm³/mol. The van der Waals surface area contributed by atoms with Gasteiger partial charge in [-0.25, -0.2) is 9.67 Å². The topological polar surface area (TPSA) is 98.1 Å². The van der Waals surface area contributed by atoms with Crippen molar-refractivity contribution in [2.45, 2.75) is 19.3 Å². The smallest absolute Gasteiger partial charge is 0.434 e. The summed E-state index contributed by atoms with van der Waals surface area (Å²) >= 11 is 0. The fourth-order valence-electron chi connectivity index (χ4n) is 2.91. The lowest BCUT2D eigenvalue weighted by Gasteiger charge is -2.14. The third-order valence-corrected chi connectivity index (χ3v) is 4.34. The summed E-state index contributed by atoms with van der Waals surface area (Å²) in [5.41, 5.74) is -3.40. The van der Waals surface area contributed by atoms with E-state index in [2.05, 4.69) is 20.7 Å². The molecule has 0 radical (unpaired) electrons. The first kappa shape index (κ1) is 24.5. The van der Waals surface area contributed by atoms with Crippen molar-refractivity contribution in [3.63, 3.8) is 0 Å². The van der Waals surface area contributed by atoms with Crippen molar-refractivity contribution >= 4 is 23.2 Å². The van der Waals surface area contributed by atoms with Gasteiger partial charge in [0.2, 0.25) is 5.91 Å². The van der Waals surface area contributed by atoms with Crippen LogP contribution in [0.25, 0.3) is 5.82 Å². The van der Waals surface area contributed by atoms with Crippen LogP contribution in [-0.4, -0.2) is 33.7 Å². The van der Waals surface area contributed by atoms with E-state index in [1.54, 1.807) is 0 Å². The minimum atomic E-state index is -5.10. The fourth-order valence-corrected chi connectivity index (χ4v) is 2.91. The maximum atomic E-state index is 13.8. The SMILES string of the molecule is COc1ccc(NC(=O)c2cnn(-c3ccc(C(F)(F)F)cn3)c2C(F)(F)F)cc1NC(C)=O. The van der Waals surface area contributed by atoms with E-state index in [0.29, 0.717) is 24.5 Å². The second-order valence-corrected chi connectivity index (χ2v) is 6.77. The third-order valence-electron chi connectivity index (χ3n) is 4.34. The highest BCUT2D eigenvalue weighted by molar-refractivity contribution is 6.05. The van der Waals surface area contributed by atoms with Crippen molar-refractivity contribution in [3.05, 3.63) is 59.5 Å². The van der Waals surface area contributed by atoms with E-state index in [1.165, 1.54) is 32.2 Å². The Kier molecular flexibility index (Phi) is 6.52. The number of hydrogen-bond acceptors (Lipinski definition) is 5. The zero-order valence-corrected chi connectivity index (χ0v) is 17.4. The molecule has 0 unspecified atom stereocenters. The molecule has 2 N–H and O–H groups in total. The van der Waals surface area contributed by atoms with Crippen LogP contribution in [0.15, 0.2) is 42.7 Å². The minimum absolute atomic E-state index is 0.0306.